The summed E-state index contributed by atoms with van der Waals surface area (Å²) in [6.07, 6.45) is 72.9. The van der Waals surface area contributed by atoms with Crippen LogP contribution in [0.1, 0.15) is 336 Å². The van der Waals surface area contributed by atoms with E-state index >= 15 is 0 Å². The lowest BCUT2D eigenvalue weighted by atomic mass is 10.0. The van der Waals surface area contributed by atoms with Gasteiger partial charge in [0, 0.05) is 25.7 Å². The number of carbonyl (C=O) groups is 4. The molecule has 17 nitrogen and oxygen atoms in total. The normalized spacial score (nSPS) is 14.4. The van der Waals surface area contributed by atoms with Gasteiger partial charge in [0.2, 0.25) is 0 Å². The molecule has 0 aromatic rings. The zero-order chi connectivity index (χ0) is 71.8. The number of rotatable bonds is 73. The van der Waals surface area contributed by atoms with Crippen molar-refractivity contribution in [2.45, 2.75) is 354 Å². The Hall–Kier alpha value is -3.76. The number of hydrogen-bond donors (Lipinski definition) is 3. The third kappa shape index (κ3) is 70.7. The second-order valence-corrected chi connectivity index (χ2v) is 28.9. The number of esters is 4. The zero-order valence-corrected chi connectivity index (χ0v) is 63.7. The fourth-order valence-corrected chi connectivity index (χ4v) is 11.9. The monoisotopic (exact) mass is 1420 g/mol. The van der Waals surface area contributed by atoms with Crippen LogP contribution in [0.4, 0.5) is 0 Å². The molecule has 0 amide bonds. The molecule has 0 bridgehead atoms. The number of hydrogen-bond acceptors (Lipinski definition) is 15. The molecule has 0 saturated carbocycles. The minimum atomic E-state index is -4.98. The van der Waals surface area contributed by atoms with Gasteiger partial charge in [0.1, 0.15) is 19.3 Å². The summed E-state index contributed by atoms with van der Waals surface area (Å²) in [7, 11) is -9.96. The topological polar surface area (TPSA) is 237 Å². The van der Waals surface area contributed by atoms with Gasteiger partial charge < -0.3 is 33.8 Å². The molecule has 0 spiro atoms. The van der Waals surface area contributed by atoms with E-state index in [4.69, 9.17) is 37.0 Å². The molecule has 0 aromatic carbocycles. The largest absolute Gasteiger partial charge is 0.472 e. The Kier molecular flexibility index (Phi) is 68.9. The minimum Gasteiger partial charge on any atom is -0.462 e. The van der Waals surface area contributed by atoms with E-state index in [0.29, 0.717) is 32.1 Å². The van der Waals surface area contributed by atoms with Gasteiger partial charge in [-0.2, -0.15) is 0 Å². The number of phosphoric acid groups is 2. The quantitative estimate of drug-likeness (QED) is 0.0169. The second-order valence-electron chi connectivity index (χ2n) is 25.9. The summed E-state index contributed by atoms with van der Waals surface area (Å²) in [6, 6.07) is 0. The predicted octanol–water partition coefficient (Wildman–Crippen LogP) is 22.2. The zero-order valence-electron chi connectivity index (χ0n) is 62.0. The fourth-order valence-electron chi connectivity index (χ4n) is 10.4. The van der Waals surface area contributed by atoms with Crippen LogP contribution in [-0.2, 0) is 65.4 Å². The van der Waals surface area contributed by atoms with Crippen molar-refractivity contribution in [3.05, 3.63) is 85.1 Å². The molecule has 0 heterocycles. The van der Waals surface area contributed by atoms with Crippen LogP contribution in [0.25, 0.3) is 0 Å². The molecule has 0 aromatic heterocycles. The van der Waals surface area contributed by atoms with E-state index in [1.54, 1.807) is 0 Å². The van der Waals surface area contributed by atoms with Crippen LogP contribution in [-0.4, -0.2) is 96.7 Å². The minimum absolute atomic E-state index is 0.0745. The maximum Gasteiger partial charge on any atom is 0.472 e. The molecule has 3 N–H and O–H groups in total. The molecule has 5 atom stereocenters. The molecule has 0 radical (unpaired) electrons. The molecule has 0 aliphatic carbocycles. The first-order valence-corrected chi connectivity index (χ1v) is 41.8. The molecule has 0 fully saturated rings. The van der Waals surface area contributed by atoms with E-state index in [1.165, 1.54) is 116 Å². The molecule has 0 aliphatic heterocycles. The number of ether oxygens (including phenoxy) is 4. The summed E-state index contributed by atoms with van der Waals surface area (Å²) in [5.74, 6) is -2.24. The fraction of sp³-hybridized carbons (Fsp3) is 0.772. The van der Waals surface area contributed by atoms with E-state index in [0.717, 1.165) is 135 Å². The van der Waals surface area contributed by atoms with E-state index < -0.39 is 97.5 Å². The first-order valence-electron chi connectivity index (χ1n) is 38.8. The Morgan fingerprint density at radius 3 is 0.847 bits per heavy atom. The van der Waals surface area contributed by atoms with Gasteiger partial charge in [-0.1, -0.05) is 273 Å². The van der Waals surface area contributed by atoms with Gasteiger partial charge in [0.05, 0.1) is 26.4 Å². The van der Waals surface area contributed by atoms with Gasteiger partial charge in [-0.05, 0) is 122 Å². The first-order chi connectivity index (χ1) is 47.7. The molecule has 2 unspecified atom stereocenters. The highest BCUT2D eigenvalue weighted by Crippen LogP contribution is 2.45. The lowest BCUT2D eigenvalue weighted by Crippen LogP contribution is -2.30. The van der Waals surface area contributed by atoms with Crippen molar-refractivity contribution in [3.63, 3.8) is 0 Å². The van der Waals surface area contributed by atoms with Crippen molar-refractivity contribution in [2.24, 2.45) is 0 Å². The Morgan fingerprint density at radius 1 is 0.286 bits per heavy atom. The molecule has 568 valence electrons. The maximum absolute atomic E-state index is 13.1. The SMILES string of the molecule is CCCCC/C=C\C/C=C\C/C=C\C/C=C\CCCC(=O)OC[C@H](COP(=O)(O)OC[C@H](O)COP(=O)(O)OC[C@@H](COC(=O)CCCCCCC/C=C\C/C=C\CCCCC)OC(=O)CCCCCCCCCCCCCCC)OC(=O)CCCCCCC/C=C\CCCCCC. The van der Waals surface area contributed by atoms with Crippen LogP contribution in [0.5, 0.6) is 0 Å². The van der Waals surface area contributed by atoms with Crippen molar-refractivity contribution in [3.8, 4) is 0 Å². The number of unbranched alkanes of at least 4 members (excludes halogenated alkanes) is 33. The van der Waals surface area contributed by atoms with Gasteiger partial charge in [0.25, 0.3) is 0 Å². The molecule has 0 rings (SSSR count). The van der Waals surface area contributed by atoms with Crippen molar-refractivity contribution in [2.75, 3.05) is 39.6 Å². The summed E-state index contributed by atoms with van der Waals surface area (Å²) in [5.41, 5.74) is 0. The van der Waals surface area contributed by atoms with Gasteiger partial charge >= 0.3 is 39.5 Å². The maximum atomic E-state index is 13.1. The molecule has 0 saturated heterocycles. The molecule has 0 aliphatic rings. The van der Waals surface area contributed by atoms with Crippen LogP contribution >= 0.6 is 15.6 Å². The van der Waals surface area contributed by atoms with Gasteiger partial charge in [-0.25, -0.2) is 9.13 Å². The van der Waals surface area contributed by atoms with Gasteiger partial charge in [-0.15, -0.1) is 0 Å². The van der Waals surface area contributed by atoms with Crippen LogP contribution in [0.2, 0.25) is 0 Å². The van der Waals surface area contributed by atoms with E-state index in [2.05, 4.69) is 101 Å². The van der Waals surface area contributed by atoms with Crippen molar-refractivity contribution < 1.29 is 80.2 Å². The first kappa shape index (κ1) is 94.2. The highest BCUT2D eigenvalue weighted by Gasteiger charge is 2.30. The highest BCUT2D eigenvalue weighted by molar-refractivity contribution is 7.47. The predicted molar refractivity (Wildman–Crippen MR) is 399 cm³/mol. The van der Waals surface area contributed by atoms with Crippen molar-refractivity contribution in [1.29, 1.82) is 0 Å². The smallest absolute Gasteiger partial charge is 0.462 e. The Bertz CT molecular complexity index is 2190. The number of allylic oxidation sites excluding steroid dienone is 14. The van der Waals surface area contributed by atoms with Gasteiger partial charge in [-0.3, -0.25) is 37.3 Å². The number of aliphatic hydroxyl groups excluding tert-OH is 1. The van der Waals surface area contributed by atoms with Crippen LogP contribution < -0.4 is 0 Å². The summed E-state index contributed by atoms with van der Waals surface area (Å²) >= 11 is 0. The summed E-state index contributed by atoms with van der Waals surface area (Å²) in [6.45, 7) is 4.75. The number of phosphoric ester groups is 2. The van der Waals surface area contributed by atoms with Crippen molar-refractivity contribution in [1.82, 2.24) is 0 Å². The Balaban J connectivity index is 5.38. The summed E-state index contributed by atoms with van der Waals surface area (Å²) < 4.78 is 68.4. The van der Waals surface area contributed by atoms with Crippen LogP contribution in [0.15, 0.2) is 85.1 Å². The van der Waals surface area contributed by atoms with E-state index in [1.807, 2.05) is 12.2 Å². The third-order valence-electron chi connectivity index (χ3n) is 16.3. The van der Waals surface area contributed by atoms with Crippen molar-refractivity contribution >= 4 is 39.5 Å². The number of aliphatic hydroxyl groups is 1. The third-order valence-corrected chi connectivity index (χ3v) is 18.2. The lowest BCUT2D eigenvalue weighted by Gasteiger charge is -2.21. The van der Waals surface area contributed by atoms with Gasteiger partial charge in [0.15, 0.2) is 12.2 Å². The molecule has 98 heavy (non-hydrogen) atoms. The lowest BCUT2D eigenvalue weighted by molar-refractivity contribution is -0.161. The highest BCUT2D eigenvalue weighted by atomic mass is 31.2. The van der Waals surface area contributed by atoms with E-state index in [9.17, 15) is 43.2 Å². The number of carbonyl (C=O) groups excluding carboxylic acids is 4. The van der Waals surface area contributed by atoms with Crippen LogP contribution in [0.3, 0.4) is 0 Å². The standard InChI is InChI=1S/C79H140O17P2/c1-5-9-13-17-21-25-29-33-35-36-38-42-44-48-52-56-60-64-77(82)90-70-75(96-79(84)66-62-58-54-50-46-40-32-28-24-20-16-12-8-4)72-94-98(87,88)92-68-73(80)67-91-97(85,86)93-71-74(95-78(83)65-61-57-53-49-45-39-31-27-23-19-15-11-7-3)69-89-76(81)63-59-55-51-47-43-41-37-34-30-26-22-18-14-10-6-2/h21-22,25-26,28,32-35,37-38,42,48,52,73-75,80H,5-20,23-24,27,29-31,36,39-41,43-47,49-51,53-72H2,1-4H3,(H,85,86)(H,87,88)/b25-21-,26-22-,32-28-,35-33-,37-34-,42-38-,52-48-/t73-,74-,75-/m1/s1. The summed E-state index contributed by atoms with van der Waals surface area (Å²) in [4.78, 5) is 72.8. The average Bonchev–Trinajstić information content (AvgIpc) is 0.969. The Morgan fingerprint density at radius 2 is 0.510 bits per heavy atom. The molecular weight excluding hydrogens is 1280 g/mol. The summed E-state index contributed by atoms with van der Waals surface area (Å²) in [5, 5.41) is 10.6. The van der Waals surface area contributed by atoms with E-state index in [-0.39, 0.29) is 25.7 Å². The Labute approximate surface area is 595 Å². The molecular formula is C79H140O17P2. The average molecular weight is 1420 g/mol. The van der Waals surface area contributed by atoms with Crippen LogP contribution in [0, 0.1) is 0 Å². The second kappa shape index (κ2) is 71.6. The molecule has 19 heteroatoms.